The van der Waals surface area contributed by atoms with Gasteiger partial charge in [0.15, 0.2) is 5.96 Å². The van der Waals surface area contributed by atoms with Crippen LogP contribution in [0.1, 0.15) is 24.0 Å². The summed E-state index contributed by atoms with van der Waals surface area (Å²) in [6.07, 6.45) is -4.18. The molecule has 136 valence electrons. The van der Waals surface area contributed by atoms with Crippen LogP contribution in [0.25, 0.3) is 0 Å². The van der Waals surface area contributed by atoms with Gasteiger partial charge in [0.1, 0.15) is 17.6 Å². The minimum Gasteiger partial charge on any atom is -0.466 e. The second-order valence-corrected chi connectivity index (χ2v) is 6.08. The van der Waals surface area contributed by atoms with E-state index in [0.29, 0.717) is 38.7 Å². The zero-order valence-corrected chi connectivity index (χ0v) is 14.6. The van der Waals surface area contributed by atoms with Crippen LogP contribution in [0.3, 0.4) is 0 Å². The third-order valence-corrected chi connectivity index (χ3v) is 4.43. The first-order valence-corrected chi connectivity index (χ1v) is 8.04. The molecule has 0 bridgehead atoms. The highest BCUT2D eigenvalue weighted by Gasteiger charge is 2.41. The van der Waals surface area contributed by atoms with E-state index in [1.807, 2.05) is 24.8 Å². The Hall–Kier alpha value is -1.70. The van der Waals surface area contributed by atoms with Gasteiger partial charge in [-0.1, -0.05) is 0 Å². The molecule has 8 heteroatoms. The Bertz CT molecular complexity index is 574. The Morgan fingerprint density at radius 1 is 1.29 bits per heavy atom. The summed E-state index contributed by atoms with van der Waals surface area (Å²) in [4.78, 5) is 7.70. The molecule has 1 aromatic heterocycles. The van der Waals surface area contributed by atoms with Crippen molar-refractivity contribution in [3.05, 3.63) is 23.2 Å². The second kappa shape index (κ2) is 7.46. The molecular formula is C16H25F3N4O. The fraction of sp³-hybridized carbons (Fsp3) is 0.688. The summed E-state index contributed by atoms with van der Waals surface area (Å²) in [6, 6.07) is 0.560. The van der Waals surface area contributed by atoms with Gasteiger partial charge in [0, 0.05) is 45.3 Å². The van der Waals surface area contributed by atoms with Crippen molar-refractivity contribution in [2.24, 2.45) is 4.99 Å². The van der Waals surface area contributed by atoms with Crippen LogP contribution in [-0.2, 0) is 6.54 Å². The smallest absolute Gasteiger partial charge is 0.403 e. The molecule has 0 aromatic carbocycles. The van der Waals surface area contributed by atoms with Gasteiger partial charge in [-0.3, -0.25) is 9.89 Å². The first-order valence-electron chi connectivity index (χ1n) is 8.04. The predicted molar refractivity (Wildman–Crippen MR) is 87.0 cm³/mol. The van der Waals surface area contributed by atoms with Crippen molar-refractivity contribution in [1.29, 1.82) is 0 Å². The van der Waals surface area contributed by atoms with E-state index in [1.165, 1.54) is 11.8 Å². The summed E-state index contributed by atoms with van der Waals surface area (Å²) in [5.41, 5.74) is 1.05. The maximum Gasteiger partial charge on any atom is 0.403 e. The van der Waals surface area contributed by atoms with Crippen molar-refractivity contribution in [3.8, 4) is 0 Å². The lowest BCUT2D eigenvalue weighted by atomic mass is 10.2. The van der Waals surface area contributed by atoms with Gasteiger partial charge in [0.2, 0.25) is 0 Å². The summed E-state index contributed by atoms with van der Waals surface area (Å²) in [5, 5.41) is 3.26. The van der Waals surface area contributed by atoms with Crippen molar-refractivity contribution in [2.75, 3.05) is 33.2 Å². The maximum absolute atomic E-state index is 12.8. The summed E-state index contributed by atoms with van der Waals surface area (Å²) in [5.74, 6) is 2.42. The van der Waals surface area contributed by atoms with E-state index in [4.69, 9.17) is 4.42 Å². The largest absolute Gasteiger partial charge is 0.466 e. The molecule has 1 saturated heterocycles. The number of guanidine groups is 1. The van der Waals surface area contributed by atoms with Crippen molar-refractivity contribution in [2.45, 2.75) is 39.5 Å². The Morgan fingerprint density at radius 2 is 1.92 bits per heavy atom. The standard InChI is InChI=1S/C16H25F3N4O/c1-11-9-14(12(2)24-11)10-21-15(20-4)23-7-5-22(6-8-23)13(3)16(17,18)19/h9,13H,5-8,10H2,1-4H3,(H,20,21). The molecule has 24 heavy (non-hydrogen) atoms. The average molecular weight is 346 g/mol. The van der Waals surface area contributed by atoms with Crippen LogP contribution in [-0.4, -0.2) is 61.2 Å². The van der Waals surface area contributed by atoms with Crippen molar-refractivity contribution in [3.63, 3.8) is 0 Å². The minimum absolute atomic E-state index is 0.366. The fourth-order valence-corrected chi connectivity index (χ4v) is 2.89. The number of nitrogens with zero attached hydrogens (tertiary/aromatic N) is 3. The van der Waals surface area contributed by atoms with Crippen LogP contribution in [0.15, 0.2) is 15.5 Å². The number of nitrogens with one attached hydrogen (secondary N) is 1. The molecule has 5 nitrogen and oxygen atoms in total. The lowest BCUT2D eigenvalue weighted by molar-refractivity contribution is -0.181. The van der Waals surface area contributed by atoms with E-state index in [-0.39, 0.29) is 0 Å². The molecule has 1 aromatic rings. The Kier molecular flexibility index (Phi) is 5.79. The number of aryl methyl sites for hydroxylation is 2. The van der Waals surface area contributed by atoms with Gasteiger partial charge in [0.05, 0.1) is 0 Å². The van der Waals surface area contributed by atoms with Crippen LogP contribution < -0.4 is 5.32 Å². The number of rotatable bonds is 3. The molecule has 1 fully saturated rings. The lowest BCUT2D eigenvalue weighted by Crippen LogP contribution is -2.56. The fourth-order valence-electron chi connectivity index (χ4n) is 2.89. The summed E-state index contributed by atoms with van der Waals surface area (Å²) in [6.45, 7) is 7.36. The van der Waals surface area contributed by atoms with Crippen molar-refractivity contribution >= 4 is 5.96 Å². The van der Waals surface area contributed by atoms with Crippen LogP contribution in [0, 0.1) is 13.8 Å². The van der Waals surface area contributed by atoms with E-state index < -0.39 is 12.2 Å². The first kappa shape index (κ1) is 18.6. The van der Waals surface area contributed by atoms with Gasteiger partial charge in [-0.15, -0.1) is 0 Å². The molecule has 2 heterocycles. The van der Waals surface area contributed by atoms with Crippen LogP contribution in [0.2, 0.25) is 0 Å². The van der Waals surface area contributed by atoms with E-state index in [0.717, 1.165) is 17.1 Å². The summed E-state index contributed by atoms with van der Waals surface area (Å²) < 4.78 is 43.9. The molecule has 1 atom stereocenters. The normalized spacial score (nSPS) is 18.8. The summed E-state index contributed by atoms with van der Waals surface area (Å²) in [7, 11) is 1.68. The summed E-state index contributed by atoms with van der Waals surface area (Å²) >= 11 is 0. The zero-order valence-electron chi connectivity index (χ0n) is 14.6. The number of alkyl halides is 3. The third kappa shape index (κ3) is 4.43. The molecule has 2 rings (SSSR count). The predicted octanol–water partition coefficient (Wildman–Crippen LogP) is 2.54. The molecule has 1 N–H and O–H groups in total. The highest BCUT2D eigenvalue weighted by Crippen LogP contribution is 2.25. The number of piperazine rings is 1. The molecule has 1 aliphatic heterocycles. The maximum atomic E-state index is 12.8. The van der Waals surface area contributed by atoms with Gasteiger partial charge in [-0.25, -0.2) is 0 Å². The van der Waals surface area contributed by atoms with Gasteiger partial charge < -0.3 is 14.6 Å². The Balaban J connectivity index is 1.88. The van der Waals surface area contributed by atoms with E-state index in [9.17, 15) is 13.2 Å². The van der Waals surface area contributed by atoms with Crippen molar-refractivity contribution < 1.29 is 17.6 Å². The Morgan fingerprint density at radius 3 is 2.38 bits per heavy atom. The Labute approximate surface area is 140 Å². The number of hydrogen-bond donors (Lipinski definition) is 1. The first-order chi connectivity index (χ1) is 11.2. The molecule has 1 aliphatic rings. The van der Waals surface area contributed by atoms with E-state index in [2.05, 4.69) is 10.3 Å². The average Bonchev–Trinajstić information content (AvgIpc) is 2.85. The molecule has 0 aliphatic carbocycles. The van der Waals surface area contributed by atoms with Crippen LogP contribution in [0.5, 0.6) is 0 Å². The topological polar surface area (TPSA) is 44.0 Å². The van der Waals surface area contributed by atoms with E-state index >= 15 is 0 Å². The zero-order chi connectivity index (χ0) is 17.9. The van der Waals surface area contributed by atoms with Crippen molar-refractivity contribution in [1.82, 2.24) is 15.1 Å². The molecular weight excluding hydrogens is 321 g/mol. The van der Waals surface area contributed by atoms with Crippen LogP contribution >= 0.6 is 0 Å². The van der Waals surface area contributed by atoms with Gasteiger partial charge in [-0.05, 0) is 26.8 Å². The highest BCUT2D eigenvalue weighted by molar-refractivity contribution is 5.80. The van der Waals surface area contributed by atoms with Gasteiger partial charge in [-0.2, -0.15) is 13.2 Å². The molecule has 0 radical (unpaired) electrons. The molecule has 0 saturated carbocycles. The van der Waals surface area contributed by atoms with Crippen LogP contribution in [0.4, 0.5) is 13.2 Å². The number of aliphatic imine (C=N–C) groups is 1. The SMILES string of the molecule is CN=C(NCc1cc(C)oc1C)N1CCN(C(C)C(F)(F)F)CC1. The number of furan rings is 1. The molecule has 0 spiro atoms. The minimum atomic E-state index is -4.18. The molecule has 0 amide bonds. The second-order valence-electron chi connectivity index (χ2n) is 6.08. The van der Waals surface area contributed by atoms with Gasteiger partial charge >= 0.3 is 6.18 Å². The van der Waals surface area contributed by atoms with Gasteiger partial charge in [0.25, 0.3) is 0 Å². The lowest BCUT2D eigenvalue weighted by Gasteiger charge is -2.39. The quantitative estimate of drug-likeness (QED) is 0.675. The molecule has 1 unspecified atom stereocenters. The number of halogens is 3. The third-order valence-electron chi connectivity index (χ3n) is 4.43. The van der Waals surface area contributed by atoms with E-state index in [1.54, 1.807) is 7.05 Å². The monoisotopic (exact) mass is 346 g/mol. The number of hydrogen-bond acceptors (Lipinski definition) is 3. The highest BCUT2D eigenvalue weighted by atomic mass is 19.4.